The molecule has 1 saturated heterocycles. The van der Waals surface area contributed by atoms with Gasteiger partial charge in [0.2, 0.25) is 0 Å². The van der Waals surface area contributed by atoms with E-state index in [4.69, 9.17) is 15.6 Å². The van der Waals surface area contributed by atoms with Gasteiger partial charge in [-0.15, -0.1) is 0 Å². The highest BCUT2D eigenvalue weighted by Crippen LogP contribution is 2.26. The first-order valence-electron chi connectivity index (χ1n) is 5.72. The Balaban J connectivity index is 0.000000437. The van der Waals surface area contributed by atoms with E-state index in [9.17, 15) is 4.79 Å². The first-order valence-corrected chi connectivity index (χ1v) is 5.72. The highest BCUT2D eigenvalue weighted by Gasteiger charge is 2.26. The van der Waals surface area contributed by atoms with Gasteiger partial charge in [-0.1, -0.05) is 6.92 Å². The van der Waals surface area contributed by atoms with E-state index in [1.54, 1.807) is 12.3 Å². The van der Waals surface area contributed by atoms with Crippen LogP contribution in [0.1, 0.15) is 26.0 Å². The van der Waals surface area contributed by atoms with Crippen LogP contribution in [0.5, 0.6) is 0 Å². The van der Waals surface area contributed by atoms with Crippen molar-refractivity contribution in [2.24, 2.45) is 5.73 Å². The van der Waals surface area contributed by atoms with Crippen LogP contribution in [0, 0.1) is 0 Å². The summed E-state index contributed by atoms with van der Waals surface area (Å²) in [6.07, 6.45) is 4.22. The fraction of sp³-hybridized carbons (Fsp3) is 0.636. The average molecular weight is 241 g/mol. The molecule has 2 heterocycles. The Labute approximate surface area is 100 Å². The summed E-state index contributed by atoms with van der Waals surface area (Å²) >= 11 is 0. The number of hydrogen-bond acceptors (Lipinski definition) is 5. The van der Waals surface area contributed by atoms with Crippen LogP contribution in [0.25, 0.3) is 0 Å². The molecule has 2 unspecified atom stereocenters. The van der Waals surface area contributed by atoms with Crippen molar-refractivity contribution in [3.63, 3.8) is 0 Å². The normalized spacial score (nSPS) is 23.0. The summed E-state index contributed by atoms with van der Waals surface area (Å²) in [5, 5.41) is 8.87. The molecule has 1 aromatic rings. The zero-order valence-corrected chi connectivity index (χ0v) is 9.95. The first kappa shape index (κ1) is 13.8. The van der Waals surface area contributed by atoms with Gasteiger partial charge in [0.25, 0.3) is 0 Å². The van der Waals surface area contributed by atoms with Gasteiger partial charge in [-0.2, -0.15) is 0 Å². The van der Waals surface area contributed by atoms with E-state index < -0.39 is 0 Å². The Hall–Kier alpha value is -1.24. The summed E-state index contributed by atoms with van der Waals surface area (Å²) in [4.78, 5) is 15.0. The van der Waals surface area contributed by atoms with Crippen molar-refractivity contribution >= 4 is 0 Å². The van der Waals surface area contributed by atoms with Gasteiger partial charge in [-0.25, -0.2) is 9.78 Å². The van der Waals surface area contributed by atoms with Gasteiger partial charge in [0.15, 0.2) is 0 Å². The number of aliphatic hydroxyl groups excluding tert-OH is 1. The molecule has 17 heavy (non-hydrogen) atoms. The average Bonchev–Trinajstić information content (AvgIpc) is 2.79. The largest absolute Gasteiger partial charge is 0.394 e. The second-order valence-corrected chi connectivity index (χ2v) is 3.69. The smallest absolute Gasteiger partial charge is 0.349 e. The second-order valence-electron chi connectivity index (χ2n) is 3.69. The van der Waals surface area contributed by atoms with Crippen molar-refractivity contribution in [2.45, 2.75) is 32.1 Å². The lowest BCUT2D eigenvalue weighted by molar-refractivity contribution is -0.0245. The van der Waals surface area contributed by atoms with Crippen LogP contribution in [0.3, 0.4) is 0 Å². The van der Waals surface area contributed by atoms with Gasteiger partial charge in [0.05, 0.1) is 12.7 Å². The van der Waals surface area contributed by atoms with Crippen LogP contribution < -0.4 is 11.4 Å². The van der Waals surface area contributed by atoms with Crippen LogP contribution in [-0.2, 0) is 4.74 Å². The maximum Gasteiger partial charge on any atom is 0.349 e. The summed E-state index contributed by atoms with van der Waals surface area (Å²) in [7, 11) is 0. The molecule has 96 valence electrons. The molecular formula is C11H19N3O3. The van der Waals surface area contributed by atoms with E-state index in [0.29, 0.717) is 0 Å². The highest BCUT2D eigenvalue weighted by molar-refractivity contribution is 4.84. The summed E-state index contributed by atoms with van der Waals surface area (Å²) in [5.41, 5.74) is 4.54. The van der Waals surface area contributed by atoms with Crippen LogP contribution in [-0.4, -0.2) is 33.9 Å². The van der Waals surface area contributed by atoms with Crippen molar-refractivity contribution in [3.05, 3.63) is 28.9 Å². The number of nitrogens with two attached hydrogens (primary N) is 1. The van der Waals surface area contributed by atoms with Gasteiger partial charge in [-0.3, -0.25) is 4.57 Å². The molecule has 0 saturated carbocycles. The van der Waals surface area contributed by atoms with E-state index in [1.807, 2.05) is 6.92 Å². The Morgan fingerprint density at radius 3 is 2.88 bits per heavy atom. The first-order chi connectivity index (χ1) is 8.22. The summed E-state index contributed by atoms with van der Waals surface area (Å²) in [5.74, 6) is 0. The molecule has 0 amide bonds. The molecule has 6 nitrogen and oxygen atoms in total. The van der Waals surface area contributed by atoms with Crippen LogP contribution in [0.4, 0.5) is 0 Å². The SMILES string of the molecule is CCN.O=c1ncccn1C1CCC(CO)O1. The third-order valence-corrected chi connectivity index (χ3v) is 2.34. The Bertz CT molecular complexity index is 380. The van der Waals surface area contributed by atoms with E-state index in [2.05, 4.69) is 4.98 Å². The predicted octanol–water partition coefficient (Wildman–Crippen LogP) is -0.122. The third-order valence-electron chi connectivity index (χ3n) is 2.34. The molecule has 6 heteroatoms. The van der Waals surface area contributed by atoms with Gasteiger partial charge < -0.3 is 15.6 Å². The molecule has 0 bridgehead atoms. The van der Waals surface area contributed by atoms with Crippen LogP contribution in [0.15, 0.2) is 23.3 Å². The van der Waals surface area contributed by atoms with Crippen molar-refractivity contribution in [1.29, 1.82) is 0 Å². The summed E-state index contributed by atoms with van der Waals surface area (Å²) in [6, 6.07) is 1.69. The van der Waals surface area contributed by atoms with Crippen molar-refractivity contribution in [3.8, 4) is 0 Å². The van der Waals surface area contributed by atoms with Gasteiger partial charge in [0.1, 0.15) is 6.23 Å². The van der Waals surface area contributed by atoms with E-state index in [0.717, 1.165) is 19.4 Å². The second kappa shape index (κ2) is 7.16. The highest BCUT2D eigenvalue weighted by atomic mass is 16.5. The van der Waals surface area contributed by atoms with Gasteiger partial charge in [-0.05, 0) is 25.5 Å². The molecule has 0 radical (unpaired) electrons. The molecule has 2 atom stereocenters. The molecule has 1 aliphatic heterocycles. The molecule has 1 fully saturated rings. The lowest BCUT2D eigenvalue weighted by atomic mass is 10.2. The number of nitrogens with zero attached hydrogens (tertiary/aromatic N) is 2. The van der Waals surface area contributed by atoms with Gasteiger partial charge in [0, 0.05) is 12.4 Å². The quantitative estimate of drug-likeness (QED) is 0.753. The minimum Gasteiger partial charge on any atom is -0.394 e. The molecule has 3 N–H and O–H groups in total. The molecule has 1 aliphatic rings. The molecule has 1 aromatic heterocycles. The topological polar surface area (TPSA) is 90.4 Å². The minimum absolute atomic E-state index is 0.00547. The minimum atomic E-state index is -0.309. The molecule has 2 rings (SSSR count). The van der Waals surface area contributed by atoms with E-state index in [-0.39, 0.29) is 24.6 Å². The lowest BCUT2D eigenvalue weighted by Gasteiger charge is -2.13. The molecule has 0 aliphatic carbocycles. The monoisotopic (exact) mass is 241 g/mol. The fourth-order valence-electron chi connectivity index (χ4n) is 1.61. The standard InChI is InChI=1S/C9H12N2O3.C2H7N/c12-6-7-2-3-8(14-7)11-5-1-4-10-9(11)13;1-2-3/h1,4-5,7-8,12H,2-3,6H2;2-3H2,1H3. The molecule has 0 spiro atoms. The lowest BCUT2D eigenvalue weighted by Crippen LogP contribution is -2.26. The zero-order valence-electron chi connectivity index (χ0n) is 9.95. The summed E-state index contributed by atoms with van der Waals surface area (Å²) < 4.78 is 6.90. The van der Waals surface area contributed by atoms with E-state index in [1.165, 1.54) is 10.8 Å². The molecule has 0 aromatic carbocycles. The van der Waals surface area contributed by atoms with Crippen LogP contribution >= 0.6 is 0 Å². The molecular weight excluding hydrogens is 222 g/mol. The fourth-order valence-corrected chi connectivity index (χ4v) is 1.61. The Morgan fingerprint density at radius 1 is 1.65 bits per heavy atom. The van der Waals surface area contributed by atoms with Gasteiger partial charge >= 0.3 is 5.69 Å². The van der Waals surface area contributed by atoms with Crippen molar-refractivity contribution in [2.75, 3.05) is 13.2 Å². The number of rotatable bonds is 2. The predicted molar refractivity (Wildman–Crippen MR) is 63.5 cm³/mol. The number of aromatic nitrogens is 2. The van der Waals surface area contributed by atoms with Crippen molar-refractivity contribution in [1.82, 2.24) is 9.55 Å². The summed E-state index contributed by atoms with van der Waals surface area (Å²) in [6.45, 7) is 2.66. The third kappa shape index (κ3) is 3.92. The number of aliphatic hydroxyl groups is 1. The Kier molecular flexibility index (Phi) is 5.82. The number of ether oxygens (including phenoxy) is 1. The zero-order chi connectivity index (χ0) is 12.7. The van der Waals surface area contributed by atoms with E-state index >= 15 is 0 Å². The maximum absolute atomic E-state index is 11.3. The number of hydrogen-bond donors (Lipinski definition) is 2. The maximum atomic E-state index is 11.3. The Morgan fingerprint density at radius 2 is 2.35 bits per heavy atom. The van der Waals surface area contributed by atoms with Crippen LogP contribution in [0.2, 0.25) is 0 Å². The van der Waals surface area contributed by atoms with Crippen molar-refractivity contribution < 1.29 is 9.84 Å².